The number of aromatic nitrogens is 3. The second-order valence-corrected chi connectivity index (χ2v) is 6.79. The Morgan fingerprint density at radius 3 is 2.30 bits per heavy atom. The highest BCUT2D eigenvalue weighted by Crippen LogP contribution is 2.24. The Morgan fingerprint density at radius 1 is 1.03 bits per heavy atom. The zero-order valence-corrected chi connectivity index (χ0v) is 17.6. The summed E-state index contributed by atoms with van der Waals surface area (Å²) >= 11 is 0. The molecule has 158 valence electrons. The highest BCUT2D eigenvalue weighted by atomic mass is 16.5. The van der Waals surface area contributed by atoms with E-state index < -0.39 is 5.97 Å². The predicted molar refractivity (Wildman–Crippen MR) is 109 cm³/mol. The zero-order valence-electron chi connectivity index (χ0n) is 17.6. The quantitative estimate of drug-likeness (QED) is 0.549. The summed E-state index contributed by atoms with van der Waals surface area (Å²) in [5, 5.41) is 4.27. The van der Waals surface area contributed by atoms with Gasteiger partial charge >= 0.3 is 5.97 Å². The molecule has 0 aliphatic carbocycles. The van der Waals surface area contributed by atoms with Gasteiger partial charge in [0, 0.05) is 24.0 Å². The molecule has 30 heavy (non-hydrogen) atoms. The van der Waals surface area contributed by atoms with E-state index in [1.165, 1.54) is 18.2 Å². The van der Waals surface area contributed by atoms with Crippen LogP contribution in [0.15, 0.2) is 30.5 Å². The van der Waals surface area contributed by atoms with Crippen molar-refractivity contribution in [1.82, 2.24) is 19.5 Å². The molecule has 1 amide bonds. The van der Waals surface area contributed by atoms with Crippen LogP contribution in [0.1, 0.15) is 27.3 Å². The second-order valence-electron chi connectivity index (χ2n) is 6.79. The maximum atomic E-state index is 13.4. The number of hydrogen-bond acceptors (Lipinski definition) is 7. The van der Waals surface area contributed by atoms with E-state index in [0.717, 1.165) is 17.0 Å². The Morgan fingerprint density at radius 2 is 1.70 bits per heavy atom. The number of benzene rings is 1. The van der Waals surface area contributed by atoms with Gasteiger partial charge in [0.1, 0.15) is 23.6 Å². The molecule has 0 bridgehead atoms. The van der Waals surface area contributed by atoms with Crippen LogP contribution in [0.5, 0.6) is 11.5 Å². The van der Waals surface area contributed by atoms with Crippen LogP contribution < -0.4 is 9.47 Å². The summed E-state index contributed by atoms with van der Waals surface area (Å²) in [6.07, 6.45) is 1.47. The first-order valence-corrected chi connectivity index (χ1v) is 9.26. The number of ether oxygens (including phenoxy) is 3. The third-order valence-electron chi connectivity index (χ3n) is 4.63. The first-order valence-electron chi connectivity index (χ1n) is 9.26. The number of methoxy groups -OCH3 is 3. The van der Waals surface area contributed by atoms with Crippen molar-refractivity contribution in [3.05, 3.63) is 53.0 Å². The van der Waals surface area contributed by atoms with Crippen molar-refractivity contribution in [3.8, 4) is 11.5 Å². The van der Waals surface area contributed by atoms with E-state index in [9.17, 15) is 9.59 Å². The maximum absolute atomic E-state index is 13.4. The third kappa shape index (κ3) is 4.35. The topological polar surface area (TPSA) is 95.3 Å². The molecule has 0 atom stereocenters. The van der Waals surface area contributed by atoms with Gasteiger partial charge in [-0.15, -0.1) is 0 Å². The minimum Gasteiger partial charge on any atom is -0.497 e. The first kappa shape index (κ1) is 21.1. The minimum absolute atomic E-state index is 0.142. The molecule has 3 rings (SSSR count). The smallest absolute Gasteiger partial charge is 0.325 e. The molecule has 9 heteroatoms. The second kappa shape index (κ2) is 8.81. The lowest BCUT2D eigenvalue weighted by atomic mass is 10.1. The highest BCUT2D eigenvalue weighted by molar-refractivity contribution is 6.00. The van der Waals surface area contributed by atoms with Gasteiger partial charge in [0.25, 0.3) is 5.91 Å². The van der Waals surface area contributed by atoms with E-state index in [-0.39, 0.29) is 19.0 Å². The number of esters is 1. The lowest BCUT2D eigenvalue weighted by Gasteiger charge is -2.22. The molecule has 0 fully saturated rings. The van der Waals surface area contributed by atoms with Gasteiger partial charge < -0.3 is 19.1 Å². The largest absolute Gasteiger partial charge is 0.497 e. The van der Waals surface area contributed by atoms with Gasteiger partial charge in [-0.1, -0.05) is 0 Å². The molecule has 0 saturated carbocycles. The molecule has 0 aliphatic heterocycles. The number of rotatable bonds is 7. The summed E-state index contributed by atoms with van der Waals surface area (Å²) in [5.41, 5.74) is 3.11. The summed E-state index contributed by atoms with van der Waals surface area (Å²) in [6, 6.07) is 7.17. The molecule has 1 aromatic carbocycles. The first-order chi connectivity index (χ1) is 14.4. The van der Waals surface area contributed by atoms with E-state index in [1.807, 2.05) is 19.9 Å². The van der Waals surface area contributed by atoms with Crippen molar-refractivity contribution in [1.29, 1.82) is 0 Å². The molecule has 0 aliphatic rings. The normalized spacial score (nSPS) is 10.7. The van der Waals surface area contributed by atoms with Crippen molar-refractivity contribution in [2.24, 2.45) is 0 Å². The Bertz CT molecular complexity index is 1070. The summed E-state index contributed by atoms with van der Waals surface area (Å²) in [4.78, 5) is 31.2. The van der Waals surface area contributed by atoms with Crippen LogP contribution in [0.2, 0.25) is 0 Å². The van der Waals surface area contributed by atoms with E-state index in [0.29, 0.717) is 22.7 Å². The van der Waals surface area contributed by atoms with Gasteiger partial charge in [0.2, 0.25) is 0 Å². The molecule has 2 aromatic heterocycles. The molecule has 0 radical (unpaired) electrons. The number of carbonyl (C=O) groups excluding carboxylic acids is 2. The molecule has 2 heterocycles. The Balaban J connectivity index is 2.00. The molecule has 0 N–H and O–H groups in total. The van der Waals surface area contributed by atoms with Crippen LogP contribution in [0, 0.1) is 13.8 Å². The molecule has 9 nitrogen and oxygen atoms in total. The van der Waals surface area contributed by atoms with Gasteiger partial charge in [-0.3, -0.25) is 9.59 Å². The molecule has 3 aromatic rings. The third-order valence-corrected chi connectivity index (χ3v) is 4.63. The van der Waals surface area contributed by atoms with Gasteiger partial charge in [-0.05, 0) is 37.6 Å². The standard InChI is InChI=1S/C21H24N4O5/c1-13-6-14(2)25-20(23-13)18(10-22-25)21(27)24(12-19(26)30-5)11-15-7-16(28-3)9-17(8-15)29-4/h6-10H,11-12H2,1-5H3. The average molecular weight is 412 g/mol. The fourth-order valence-electron chi connectivity index (χ4n) is 3.19. The Hall–Kier alpha value is -3.62. The van der Waals surface area contributed by atoms with Crippen LogP contribution in [-0.4, -0.2) is 59.2 Å². The van der Waals surface area contributed by atoms with Gasteiger partial charge in [0.05, 0.1) is 27.5 Å². The number of carbonyl (C=O) groups is 2. The summed E-state index contributed by atoms with van der Waals surface area (Å²) < 4.78 is 17.0. The molecular weight excluding hydrogens is 388 g/mol. The van der Waals surface area contributed by atoms with Crippen LogP contribution in [0.4, 0.5) is 0 Å². The number of amides is 1. The summed E-state index contributed by atoms with van der Waals surface area (Å²) in [6.45, 7) is 3.65. The monoisotopic (exact) mass is 412 g/mol. The molecule has 0 spiro atoms. The number of hydrogen-bond donors (Lipinski definition) is 0. The number of nitrogens with zero attached hydrogens (tertiary/aromatic N) is 4. The van der Waals surface area contributed by atoms with Crippen molar-refractivity contribution >= 4 is 17.5 Å². The predicted octanol–water partition coefficient (Wildman–Crippen LogP) is 2.18. The van der Waals surface area contributed by atoms with Crippen LogP contribution >= 0.6 is 0 Å². The summed E-state index contributed by atoms with van der Waals surface area (Å²) in [7, 11) is 4.37. The highest BCUT2D eigenvalue weighted by Gasteiger charge is 2.24. The van der Waals surface area contributed by atoms with Crippen molar-refractivity contribution in [3.63, 3.8) is 0 Å². The van der Waals surface area contributed by atoms with E-state index in [4.69, 9.17) is 14.2 Å². The van der Waals surface area contributed by atoms with Crippen molar-refractivity contribution in [2.45, 2.75) is 20.4 Å². The van der Waals surface area contributed by atoms with Crippen LogP contribution in [0.3, 0.4) is 0 Å². The molecular formula is C21H24N4O5. The van der Waals surface area contributed by atoms with Crippen LogP contribution in [0.25, 0.3) is 5.65 Å². The fraction of sp³-hybridized carbons (Fsp3) is 0.333. The Labute approximate surface area is 174 Å². The van der Waals surface area contributed by atoms with E-state index >= 15 is 0 Å². The zero-order chi connectivity index (χ0) is 21.8. The van der Waals surface area contributed by atoms with E-state index in [1.54, 1.807) is 36.9 Å². The molecule has 0 unspecified atom stereocenters. The minimum atomic E-state index is -0.532. The maximum Gasteiger partial charge on any atom is 0.325 e. The Kier molecular flexibility index (Phi) is 6.20. The fourth-order valence-corrected chi connectivity index (χ4v) is 3.19. The van der Waals surface area contributed by atoms with Crippen molar-refractivity contribution in [2.75, 3.05) is 27.9 Å². The van der Waals surface area contributed by atoms with E-state index in [2.05, 4.69) is 10.1 Å². The number of aryl methyl sites for hydroxylation is 2. The average Bonchev–Trinajstić information content (AvgIpc) is 3.16. The van der Waals surface area contributed by atoms with Gasteiger partial charge in [0.15, 0.2) is 5.65 Å². The number of fused-ring (bicyclic) bond motifs is 1. The lowest BCUT2D eigenvalue weighted by Crippen LogP contribution is -2.35. The SMILES string of the molecule is COC(=O)CN(Cc1cc(OC)cc(OC)c1)C(=O)c1cnn2c(C)cc(C)nc12. The molecule has 0 saturated heterocycles. The lowest BCUT2D eigenvalue weighted by molar-refractivity contribution is -0.141. The van der Waals surface area contributed by atoms with Gasteiger partial charge in [-0.25, -0.2) is 9.50 Å². The van der Waals surface area contributed by atoms with Crippen molar-refractivity contribution < 1.29 is 23.8 Å². The van der Waals surface area contributed by atoms with Crippen LogP contribution in [-0.2, 0) is 16.1 Å². The van der Waals surface area contributed by atoms with Gasteiger partial charge in [-0.2, -0.15) is 5.10 Å². The summed E-state index contributed by atoms with van der Waals surface area (Å²) in [5.74, 6) is 0.252.